The molecule has 0 fully saturated rings. The van der Waals surface area contributed by atoms with Gasteiger partial charge in [-0.1, -0.05) is 65.2 Å². The predicted molar refractivity (Wildman–Crippen MR) is 182 cm³/mol. The average molecular weight is 703 g/mol. The number of aliphatic carboxylic acids is 2. The highest BCUT2D eigenvalue weighted by atomic mass is 16.5. The normalized spacial score (nSPS) is 11.7. The Morgan fingerprint density at radius 3 is 1.65 bits per heavy atom. The Kier molecular flexibility index (Phi) is 30.3. The number of amides is 2. The summed E-state index contributed by atoms with van der Waals surface area (Å²) in [5.74, 6) is -2.66. The van der Waals surface area contributed by atoms with Crippen LogP contribution >= 0.6 is 0 Å². The molecule has 0 spiro atoms. The maximum atomic E-state index is 12.2. The second-order valence-corrected chi connectivity index (χ2v) is 12.4. The van der Waals surface area contributed by atoms with E-state index in [1.54, 1.807) is 0 Å². The van der Waals surface area contributed by atoms with Gasteiger partial charge in [-0.25, -0.2) is 4.79 Å². The third kappa shape index (κ3) is 32.0. The second-order valence-electron chi connectivity index (χ2n) is 12.4. The van der Waals surface area contributed by atoms with E-state index in [0.29, 0.717) is 39.1 Å². The standard InChI is InChI=1S/C35H62N2O12/c1-28(2)31(39)27-49-25-22-46-20-13-14-29(38)26-48-24-23-47-21-19-36-32(40)18-17-30(35(44)45)37-33(41)15-11-9-7-5-3-4-6-8-10-12-16-34(42)43/h28,30H,3-27H2,1-2H3,(H,36,40)(H,37,41)(H,42,43)(H,44,45)/t30-/m0/s1. The lowest BCUT2D eigenvalue weighted by Crippen LogP contribution is -2.41. The molecule has 14 nitrogen and oxygen atoms in total. The van der Waals surface area contributed by atoms with Crippen LogP contribution in [0.2, 0.25) is 0 Å². The summed E-state index contributed by atoms with van der Waals surface area (Å²) in [6.07, 6.45) is 11.0. The Labute approximate surface area is 291 Å². The fourth-order valence-corrected chi connectivity index (χ4v) is 4.54. The number of carboxylic acids is 2. The Hall–Kier alpha value is -2.94. The van der Waals surface area contributed by atoms with Gasteiger partial charge in [-0.15, -0.1) is 0 Å². The fourth-order valence-electron chi connectivity index (χ4n) is 4.54. The van der Waals surface area contributed by atoms with E-state index in [9.17, 15) is 33.9 Å². The lowest BCUT2D eigenvalue weighted by Gasteiger charge is -2.14. The van der Waals surface area contributed by atoms with Gasteiger partial charge in [0.2, 0.25) is 11.8 Å². The molecule has 0 aromatic heterocycles. The maximum absolute atomic E-state index is 12.2. The minimum atomic E-state index is -1.18. The number of ether oxygens (including phenoxy) is 4. The van der Waals surface area contributed by atoms with Crippen molar-refractivity contribution < 1.29 is 57.9 Å². The molecule has 0 aliphatic carbocycles. The van der Waals surface area contributed by atoms with Crippen LogP contribution in [0.4, 0.5) is 0 Å². The minimum absolute atomic E-state index is 0.0207. The predicted octanol–water partition coefficient (Wildman–Crippen LogP) is 3.86. The highest BCUT2D eigenvalue weighted by Crippen LogP contribution is 2.12. The van der Waals surface area contributed by atoms with Crippen molar-refractivity contribution in [3.05, 3.63) is 0 Å². The van der Waals surface area contributed by atoms with Crippen LogP contribution in [0.15, 0.2) is 0 Å². The molecule has 4 N–H and O–H groups in total. The Balaban J connectivity index is 3.70. The molecule has 1 atom stereocenters. The first-order valence-corrected chi connectivity index (χ1v) is 17.9. The fraction of sp³-hybridized carbons (Fsp3) is 0.829. The third-order valence-electron chi connectivity index (χ3n) is 7.55. The molecule has 14 heteroatoms. The van der Waals surface area contributed by atoms with Gasteiger partial charge in [-0.05, 0) is 25.7 Å². The van der Waals surface area contributed by atoms with Gasteiger partial charge in [-0.2, -0.15) is 0 Å². The van der Waals surface area contributed by atoms with Gasteiger partial charge >= 0.3 is 11.9 Å². The van der Waals surface area contributed by atoms with Crippen LogP contribution in [-0.2, 0) is 47.7 Å². The summed E-state index contributed by atoms with van der Waals surface area (Å²) in [5, 5.41) is 23.2. The highest BCUT2D eigenvalue weighted by Gasteiger charge is 2.20. The van der Waals surface area contributed by atoms with Crippen LogP contribution < -0.4 is 10.6 Å². The maximum Gasteiger partial charge on any atom is 0.326 e. The first-order chi connectivity index (χ1) is 23.5. The summed E-state index contributed by atoms with van der Waals surface area (Å²) < 4.78 is 21.3. The molecule has 0 aromatic rings. The molecule has 49 heavy (non-hydrogen) atoms. The molecule has 0 aromatic carbocycles. The van der Waals surface area contributed by atoms with E-state index in [2.05, 4.69) is 10.6 Å². The van der Waals surface area contributed by atoms with Gasteiger partial charge in [0.25, 0.3) is 0 Å². The lowest BCUT2D eigenvalue weighted by atomic mass is 10.0. The molecule has 0 saturated carbocycles. The van der Waals surface area contributed by atoms with Crippen LogP contribution in [0.25, 0.3) is 0 Å². The summed E-state index contributed by atoms with van der Waals surface area (Å²) in [7, 11) is 0. The van der Waals surface area contributed by atoms with E-state index in [1.807, 2.05) is 13.8 Å². The number of carbonyl (C=O) groups excluding carboxylic acids is 4. The Morgan fingerprint density at radius 2 is 1.08 bits per heavy atom. The van der Waals surface area contributed by atoms with Gasteiger partial charge in [0, 0.05) is 44.8 Å². The number of unbranched alkanes of at least 4 members (excludes halogenated alkanes) is 9. The zero-order valence-corrected chi connectivity index (χ0v) is 29.8. The first kappa shape index (κ1) is 46.1. The molecule has 0 saturated heterocycles. The summed E-state index contributed by atoms with van der Waals surface area (Å²) in [6.45, 7) is 5.73. The zero-order chi connectivity index (χ0) is 36.5. The smallest absolute Gasteiger partial charge is 0.326 e. The molecule has 284 valence electrons. The molecule has 0 aliphatic heterocycles. The number of rotatable bonds is 36. The molecule has 0 bridgehead atoms. The zero-order valence-electron chi connectivity index (χ0n) is 29.8. The molecular formula is C35H62N2O12. The van der Waals surface area contributed by atoms with Crippen LogP contribution in [0.5, 0.6) is 0 Å². The van der Waals surface area contributed by atoms with Crippen molar-refractivity contribution in [3.63, 3.8) is 0 Å². The van der Waals surface area contributed by atoms with Gasteiger partial charge in [-0.3, -0.25) is 24.0 Å². The van der Waals surface area contributed by atoms with Crippen LogP contribution in [0, 0.1) is 5.92 Å². The summed E-state index contributed by atoms with van der Waals surface area (Å²) in [6, 6.07) is -1.13. The topological polar surface area (TPSA) is 204 Å². The largest absolute Gasteiger partial charge is 0.481 e. The summed E-state index contributed by atoms with van der Waals surface area (Å²) in [4.78, 5) is 69.7. The van der Waals surface area contributed by atoms with Crippen LogP contribution in [-0.4, -0.2) is 111 Å². The SMILES string of the molecule is CC(C)C(=O)COCCOCCCC(=O)COCCOCCNC(=O)CC[C@H](NC(=O)CCCCCCCCCCCCC(=O)O)C(=O)O. The lowest BCUT2D eigenvalue weighted by molar-refractivity contribution is -0.142. The van der Waals surface area contributed by atoms with E-state index in [-0.39, 0.29) is 94.6 Å². The van der Waals surface area contributed by atoms with Crippen LogP contribution in [0.3, 0.4) is 0 Å². The van der Waals surface area contributed by atoms with Crippen molar-refractivity contribution in [2.75, 3.05) is 59.4 Å². The van der Waals surface area contributed by atoms with Crippen molar-refractivity contribution in [3.8, 4) is 0 Å². The van der Waals surface area contributed by atoms with Crippen molar-refractivity contribution in [1.29, 1.82) is 0 Å². The number of nitrogens with one attached hydrogen (secondary N) is 2. The van der Waals surface area contributed by atoms with E-state index < -0.39 is 18.0 Å². The van der Waals surface area contributed by atoms with Crippen molar-refractivity contribution in [2.45, 2.75) is 123 Å². The molecule has 0 aliphatic rings. The number of hydrogen-bond donors (Lipinski definition) is 4. The number of carboxylic acid groups (broad SMARTS) is 2. The summed E-state index contributed by atoms with van der Waals surface area (Å²) >= 11 is 0. The molecular weight excluding hydrogens is 640 g/mol. The van der Waals surface area contributed by atoms with Crippen molar-refractivity contribution >= 4 is 35.3 Å². The first-order valence-electron chi connectivity index (χ1n) is 17.9. The number of carbonyl (C=O) groups is 6. The average Bonchev–Trinajstić information content (AvgIpc) is 3.05. The monoisotopic (exact) mass is 702 g/mol. The van der Waals surface area contributed by atoms with Gasteiger partial charge in [0.15, 0.2) is 11.6 Å². The third-order valence-corrected chi connectivity index (χ3v) is 7.55. The highest BCUT2D eigenvalue weighted by molar-refractivity contribution is 5.84. The minimum Gasteiger partial charge on any atom is -0.481 e. The Morgan fingerprint density at radius 1 is 0.551 bits per heavy atom. The van der Waals surface area contributed by atoms with E-state index in [0.717, 1.165) is 57.8 Å². The number of Topliss-reactive ketones (excluding diaryl/α,β-unsaturated/α-hetero) is 2. The van der Waals surface area contributed by atoms with Gasteiger partial charge < -0.3 is 39.8 Å². The molecule has 0 heterocycles. The molecule has 0 radical (unpaired) electrons. The molecule has 0 rings (SSSR count). The van der Waals surface area contributed by atoms with Crippen LogP contribution in [0.1, 0.15) is 117 Å². The van der Waals surface area contributed by atoms with Gasteiger partial charge in [0.05, 0.1) is 33.0 Å². The van der Waals surface area contributed by atoms with E-state index >= 15 is 0 Å². The van der Waals surface area contributed by atoms with Gasteiger partial charge in [0.1, 0.15) is 19.3 Å². The summed E-state index contributed by atoms with van der Waals surface area (Å²) in [5.41, 5.74) is 0. The number of ketones is 2. The van der Waals surface area contributed by atoms with E-state index in [1.165, 1.54) is 0 Å². The number of hydrogen-bond acceptors (Lipinski definition) is 10. The molecule has 0 unspecified atom stereocenters. The quantitative estimate of drug-likeness (QED) is 0.0688. The molecule has 2 amide bonds. The Bertz CT molecular complexity index is 928. The van der Waals surface area contributed by atoms with E-state index in [4.69, 9.17) is 24.1 Å². The second kappa shape index (κ2) is 32.3. The van der Waals surface area contributed by atoms with Crippen molar-refractivity contribution in [1.82, 2.24) is 10.6 Å². The van der Waals surface area contributed by atoms with Crippen molar-refractivity contribution in [2.24, 2.45) is 5.92 Å².